The van der Waals surface area contributed by atoms with E-state index in [1.165, 1.54) is 24.3 Å². The van der Waals surface area contributed by atoms with Crippen LogP contribution in [0.3, 0.4) is 0 Å². The van der Waals surface area contributed by atoms with E-state index in [-0.39, 0.29) is 11.5 Å². The second-order valence-electron chi connectivity index (χ2n) is 5.86. The number of aromatic hydroxyl groups is 2. The molecule has 0 amide bonds. The highest BCUT2D eigenvalue weighted by Crippen LogP contribution is 2.37. The molecule has 1 aromatic heterocycles. The van der Waals surface area contributed by atoms with E-state index in [1.807, 2.05) is 6.92 Å². The van der Waals surface area contributed by atoms with E-state index < -0.39 is 11.7 Å². The molecule has 1 heterocycles. The van der Waals surface area contributed by atoms with Gasteiger partial charge in [-0.05, 0) is 42.8 Å². The third kappa shape index (κ3) is 3.26. The lowest BCUT2D eigenvalue weighted by Crippen LogP contribution is -2.04. The second kappa shape index (κ2) is 6.31. The van der Waals surface area contributed by atoms with Crippen LogP contribution in [0.1, 0.15) is 25.3 Å². The van der Waals surface area contributed by atoms with Crippen LogP contribution in [0.2, 0.25) is 0 Å². The minimum atomic E-state index is -4.45. The average molecular weight is 350 g/mol. The Kier molecular flexibility index (Phi) is 4.32. The molecule has 0 saturated carbocycles. The van der Waals surface area contributed by atoms with E-state index in [0.717, 1.165) is 25.0 Å². The van der Waals surface area contributed by atoms with Crippen molar-refractivity contribution in [3.63, 3.8) is 0 Å². The fourth-order valence-electron chi connectivity index (χ4n) is 2.72. The third-order valence-corrected chi connectivity index (χ3v) is 4.05. The predicted molar refractivity (Wildman–Crippen MR) is 88.4 cm³/mol. The summed E-state index contributed by atoms with van der Waals surface area (Å²) in [4.78, 5) is 0. The van der Waals surface area contributed by atoms with Crippen LogP contribution in [-0.2, 0) is 12.7 Å². The zero-order chi connectivity index (χ0) is 18.2. The molecule has 0 radical (unpaired) electrons. The van der Waals surface area contributed by atoms with E-state index in [9.17, 15) is 23.4 Å². The van der Waals surface area contributed by atoms with Crippen LogP contribution >= 0.6 is 0 Å². The number of halogens is 3. The molecule has 3 rings (SSSR count). The van der Waals surface area contributed by atoms with Gasteiger partial charge in [-0.2, -0.15) is 18.3 Å². The standard InChI is InChI=1S/C18H17F3N2O2/c1-2-3-8-23-14-6-5-12(18(19,20)21)10-13(14)17(22-23)11-4-7-15(24)16(25)9-11/h4-7,9-10,24-25H,2-3,8H2,1H3. The Balaban J connectivity index is 2.22. The Bertz CT molecular complexity index is 917. The van der Waals surface area contributed by atoms with Gasteiger partial charge in [0.2, 0.25) is 0 Å². The minimum absolute atomic E-state index is 0.297. The average Bonchev–Trinajstić information content (AvgIpc) is 2.92. The number of phenols is 2. The lowest BCUT2D eigenvalue weighted by molar-refractivity contribution is -0.137. The summed E-state index contributed by atoms with van der Waals surface area (Å²) in [5.41, 5.74) is 0.630. The Labute approximate surface area is 142 Å². The highest BCUT2D eigenvalue weighted by Gasteiger charge is 2.31. The van der Waals surface area contributed by atoms with Crippen molar-refractivity contribution in [3.8, 4) is 22.8 Å². The number of aromatic nitrogens is 2. The number of alkyl halides is 3. The van der Waals surface area contributed by atoms with E-state index in [2.05, 4.69) is 5.10 Å². The first kappa shape index (κ1) is 17.1. The van der Waals surface area contributed by atoms with Gasteiger partial charge in [0.1, 0.15) is 5.69 Å². The minimum Gasteiger partial charge on any atom is -0.504 e. The molecule has 0 bridgehead atoms. The van der Waals surface area contributed by atoms with Gasteiger partial charge in [-0.1, -0.05) is 13.3 Å². The molecular formula is C18H17F3N2O2. The van der Waals surface area contributed by atoms with Gasteiger partial charge in [-0.15, -0.1) is 0 Å². The Morgan fingerprint density at radius 1 is 1.04 bits per heavy atom. The fourth-order valence-corrected chi connectivity index (χ4v) is 2.72. The maximum atomic E-state index is 13.1. The topological polar surface area (TPSA) is 58.3 Å². The van der Waals surface area contributed by atoms with Crippen molar-refractivity contribution >= 4 is 10.9 Å². The highest BCUT2D eigenvalue weighted by molar-refractivity contribution is 5.94. The van der Waals surface area contributed by atoms with Crippen molar-refractivity contribution in [3.05, 3.63) is 42.0 Å². The monoisotopic (exact) mass is 350 g/mol. The number of phenolic OH excluding ortho intramolecular Hbond substituents is 2. The molecule has 2 aromatic carbocycles. The number of aryl methyl sites for hydroxylation is 1. The maximum Gasteiger partial charge on any atom is 0.416 e. The summed E-state index contributed by atoms with van der Waals surface area (Å²) in [5.74, 6) is -0.643. The van der Waals surface area contributed by atoms with Crippen LogP contribution in [0.5, 0.6) is 11.5 Å². The number of unbranched alkanes of at least 4 members (excludes halogenated alkanes) is 1. The number of hydrogen-bond donors (Lipinski definition) is 2. The molecular weight excluding hydrogens is 333 g/mol. The highest BCUT2D eigenvalue weighted by atomic mass is 19.4. The van der Waals surface area contributed by atoms with Crippen LogP contribution < -0.4 is 0 Å². The van der Waals surface area contributed by atoms with E-state index in [4.69, 9.17) is 0 Å². The molecule has 132 valence electrons. The van der Waals surface area contributed by atoms with Crippen molar-refractivity contribution in [2.24, 2.45) is 0 Å². The van der Waals surface area contributed by atoms with Crippen molar-refractivity contribution < 1.29 is 23.4 Å². The van der Waals surface area contributed by atoms with Gasteiger partial charge < -0.3 is 10.2 Å². The van der Waals surface area contributed by atoms with Crippen LogP contribution in [0, 0.1) is 0 Å². The first-order valence-electron chi connectivity index (χ1n) is 7.91. The fraction of sp³-hybridized carbons (Fsp3) is 0.278. The van der Waals surface area contributed by atoms with Gasteiger partial charge in [0.15, 0.2) is 11.5 Å². The molecule has 0 unspecified atom stereocenters. The van der Waals surface area contributed by atoms with Gasteiger partial charge in [0.05, 0.1) is 11.1 Å². The second-order valence-corrected chi connectivity index (χ2v) is 5.86. The first-order valence-corrected chi connectivity index (χ1v) is 7.91. The van der Waals surface area contributed by atoms with Gasteiger partial charge in [-0.3, -0.25) is 4.68 Å². The summed E-state index contributed by atoms with van der Waals surface area (Å²) in [7, 11) is 0. The summed E-state index contributed by atoms with van der Waals surface area (Å²) < 4.78 is 40.9. The Morgan fingerprint density at radius 2 is 1.80 bits per heavy atom. The van der Waals surface area contributed by atoms with Gasteiger partial charge in [-0.25, -0.2) is 0 Å². The summed E-state index contributed by atoms with van der Waals surface area (Å²) in [5, 5.41) is 24.0. The van der Waals surface area contributed by atoms with Crippen molar-refractivity contribution in [1.82, 2.24) is 9.78 Å². The summed E-state index contributed by atoms with van der Waals surface area (Å²) in [6.07, 6.45) is -2.68. The number of nitrogens with zero attached hydrogens (tertiary/aromatic N) is 2. The molecule has 7 heteroatoms. The van der Waals surface area contributed by atoms with Crippen molar-refractivity contribution in [1.29, 1.82) is 0 Å². The summed E-state index contributed by atoms with van der Waals surface area (Å²) >= 11 is 0. The summed E-state index contributed by atoms with van der Waals surface area (Å²) in [6.45, 7) is 2.61. The van der Waals surface area contributed by atoms with Gasteiger partial charge in [0.25, 0.3) is 0 Å². The maximum absolute atomic E-state index is 13.1. The van der Waals surface area contributed by atoms with E-state index >= 15 is 0 Å². The molecule has 4 nitrogen and oxygen atoms in total. The molecule has 0 aliphatic rings. The molecule has 0 aliphatic carbocycles. The SMILES string of the molecule is CCCCn1nc(-c2ccc(O)c(O)c2)c2cc(C(F)(F)F)ccc21. The van der Waals surface area contributed by atoms with Crippen molar-refractivity contribution in [2.45, 2.75) is 32.5 Å². The Hall–Kier alpha value is -2.70. The molecule has 0 aliphatic heterocycles. The van der Waals surface area contributed by atoms with Crippen LogP contribution in [-0.4, -0.2) is 20.0 Å². The number of fused-ring (bicyclic) bond motifs is 1. The zero-order valence-electron chi connectivity index (χ0n) is 13.5. The van der Waals surface area contributed by atoms with Crippen LogP contribution in [0.15, 0.2) is 36.4 Å². The molecule has 25 heavy (non-hydrogen) atoms. The molecule has 3 aromatic rings. The smallest absolute Gasteiger partial charge is 0.416 e. The van der Waals surface area contributed by atoms with Crippen LogP contribution in [0.4, 0.5) is 13.2 Å². The normalized spacial score (nSPS) is 12.0. The molecule has 0 atom stereocenters. The Morgan fingerprint density at radius 3 is 2.44 bits per heavy atom. The van der Waals surface area contributed by atoms with E-state index in [0.29, 0.717) is 28.7 Å². The third-order valence-electron chi connectivity index (χ3n) is 4.05. The van der Waals surface area contributed by atoms with Crippen LogP contribution in [0.25, 0.3) is 22.2 Å². The lowest BCUT2D eigenvalue weighted by Gasteiger charge is -2.07. The predicted octanol–water partition coefficient (Wildman–Crippen LogP) is 4.93. The molecule has 0 saturated heterocycles. The number of rotatable bonds is 4. The first-order chi connectivity index (χ1) is 11.8. The summed E-state index contributed by atoms with van der Waals surface area (Å²) in [6, 6.07) is 7.64. The van der Waals surface area contributed by atoms with E-state index in [1.54, 1.807) is 4.68 Å². The van der Waals surface area contributed by atoms with Gasteiger partial charge >= 0.3 is 6.18 Å². The molecule has 2 N–H and O–H groups in total. The largest absolute Gasteiger partial charge is 0.504 e. The number of benzene rings is 2. The van der Waals surface area contributed by atoms with Gasteiger partial charge in [0, 0.05) is 17.5 Å². The lowest BCUT2D eigenvalue weighted by atomic mass is 10.0. The van der Waals surface area contributed by atoms with Crippen molar-refractivity contribution in [2.75, 3.05) is 0 Å². The molecule has 0 fully saturated rings. The molecule has 0 spiro atoms. The number of hydrogen-bond acceptors (Lipinski definition) is 3. The quantitative estimate of drug-likeness (QED) is 0.656. The zero-order valence-corrected chi connectivity index (χ0v) is 13.5.